The molecule has 25 heavy (non-hydrogen) atoms. The number of piperidine rings is 1. The van der Waals surface area contributed by atoms with Crippen LogP contribution < -0.4 is 0 Å². The molecule has 1 saturated heterocycles. The van der Waals surface area contributed by atoms with Gasteiger partial charge in [0.1, 0.15) is 0 Å². The third-order valence-electron chi connectivity index (χ3n) is 4.63. The fourth-order valence-electron chi connectivity index (χ4n) is 3.34. The number of carbonyl (C=O) groups is 1. The Bertz CT molecular complexity index is 826. The van der Waals surface area contributed by atoms with Crippen molar-refractivity contribution in [2.45, 2.75) is 31.8 Å². The van der Waals surface area contributed by atoms with Gasteiger partial charge in [-0.05, 0) is 25.3 Å². The molecule has 1 aliphatic heterocycles. The van der Waals surface area contributed by atoms with Crippen LogP contribution in [0.25, 0.3) is 11.3 Å². The van der Waals surface area contributed by atoms with Crippen LogP contribution >= 0.6 is 0 Å². The molecule has 1 fully saturated rings. The molecule has 6 heteroatoms. The van der Waals surface area contributed by atoms with E-state index in [9.17, 15) is 4.79 Å². The fourth-order valence-corrected chi connectivity index (χ4v) is 3.34. The molecular weight excluding hydrogens is 316 g/mol. The summed E-state index contributed by atoms with van der Waals surface area (Å²) in [5.74, 6) is 0.548. The quantitative estimate of drug-likeness (QED) is 0.734. The minimum Gasteiger partial charge on any atom is -0.355 e. The average Bonchev–Trinajstić information content (AvgIpc) is 3.34. The lowest BCUT2D eigenvalue weighted by Crippen LogP contribution is -2.46. The van der Waals surface area contributed by atoms with Crippen LogP contribution in [0, 0.1) is 0 Å². The smallest absolute Gasteiger partial charge is 0.276 e. The summed E-state index contributed by atoms with van der Waals surface area (Å²) in [5, 5.41) is 8.28. The first-order valence-corrected chi connectivity index (χ1v) is 8.62. The van der Waals surface area contributed by atoms with E-state index in [1.165, 1.54) is 0 Å². The van der Waals surface area contributed by atoms with E-state index < -0.39 is 0 Å². The first-order chi connectivity index (χ1) is 12.3. The third-order valence-corrected chi connectivity index (χ3v) is 4.63. The standard InChI is InChI=1S/C19H20N4O2/c24-19(17-13-18(25-21-17)15-7-2-1-3-8-15)23-12-5-4-9-16(23)14-22-11-6-10-20-22/h1-3,6-8,10-11,13,16H,4-5,9,12,14H2/t16-/m1/s1. The minimum absolute atomic E-state index is 0.0669. The molecule has 4 rings (SSSR count). The van der Waals surface area contributed by atoms with Gasteiger partial charge in [0.15, 0.2) is 11.5 Å². The highest BCUT2D eigenvalue weighted by Crippen LogP contribution is 2.24. The van der Waals surface area contributed by atoms with Crippen molar-refractivity contribution in [1.29, 1.82) is 0 Å². The van der Waals surface area contributed by atoms with Crippen LogP contribution in [0.5, 0.6) is 0 Å². The lowest BCUT2D eigenvalue weighted by Gasteiger charge is -2.35. The zero-order chi connectivity index (χ0) is 17.1. The molecule has 1 atom stereocenters. The molecule has 0 aliphatic carbocycles. The maximum Gasteiger partial charge on any atom is 0.276 e. The van der Waals surface area contributed by atoms with E-state index in [4.69, 9.17) is 4.52 Å². The lowest BCUT2D eigenvalue weighted by atomic mass is 10.0. The van der Waals surface area contributed by atoms with Crippen molar-refractivity contribution >= 4 is 5.91 Å². The van der Waals surface area contributed by atoms with Gasteiger partial charge in [0, 0.05) is 30.6 Å². The van der Waals surface area contributed by atoms with E-state index in [0.717, 1.165) is 31.4 Å². The van der Waals surface area contributed by atoms with E-state index in [0.29, 0.717) is 18.0 Å². The van der Waals surface area contributed by atoms with Crippen LogP contribution in [-0.2, 0) is 6.54 Å². The largest absolute Gasteiger partial charge is 0.355 e. The van der Waals surface area contributed by atoms with Crippen molar-refractivity contribution in [3.63, 3.8) is 0 Å². The second-order valence-corrected chi connectivity index (χ2v) is 6.32. The van der Waals surface area contributed by atoms with Crippen molar-refractivity contribution in [2.75, 3.05) is 6.54 Å². The SMILES string of the molecule is O=C(c1cc(-c2ccccc2)on1)N1CCCC[C@@H]1Cn1cccn1. The molecule has 3 heterocycles. The van der Waals surface area contributed by atoms with E-state index in [1.807, 2.05) is 52.2 Å². The van der Waals surface area contributed by atoms with Gasteiger partial charge >= 0.3 is 0 Å². The maximum absolute atomic E-state index is 13.0. The van der Waals surface area contributed by atoms with Crippen molar-refractivity contribution in [3.8, 4) is 11.3 Å². The summed E-state index contributed by atoms with van der Waals surface area (Å²) in [5.41, 5.74) is 1.28. The third kappa shape index (κ3) is 3.33. The van der Waals surface area contributed by atoms with Crippen LogP contribution in [0.1, 0.15) is 29.8 Å². The summed E-state index contributed by atoms with van der Waals surface area (Å²) in [6.45, 7) is 1.46. The first-order valence-electron chi connectivity index (χ1n) is 8.62. The Balaban J connectivity index is 1.53. The van der Waals surface area contributed by atoms with E-state index in [1.54, 1.807) is 12.3 Å². The molecule has 1 amide bonds. The van der Waals surface area contributed by atoms with Gasteiger partial charge in [0.25, 0.3) is 5.91 Å². The number of hydrogen-bond donors (Lipinski definition) is 0. The number of nitrogens with zero attached hydrogens (tertiary/aromatic N) is 4. The number of aromatic nitrogens is 3. The average molecular weight is 336 g/mol. The highest BCUT2D eigenvalue weighted by Gasteiger charge is 2.29. The van der Waals surface area contributed by atoms with Gasteiger partial charge < -0.3 is 9.42 Å². The Morgan fingerprint density at radius 3 is 2.88 bits per heavy atom. The van der Waals surface area contributed by atoms with Crippen LogP contribution in [0.4, 0.5) is 0 Å². The minimum atomic E-state index is -0.0669. The number of rotatable bonds is 4. The first kappa shape index (κ1) is 15.6. The van der Waals surface area contributed by atoms with Crippen LogP contribution in [0.2, 0.25) is 0 Å². The molecule has 1 aromatic carbocycles. The fraction of sp³-hybridized carbons (Fsp3) is 0.316. The second kappa shape index (κ2) is 6.93. The summed E-state index contributed by atoms with van der Waals surface area (Å²) < 4.78 is 7.27. The Labute approximate surface area is 146 Å². The highest BCUT2D eigenvalue weighted by atomic mass is 16.5. The van der Waals surface area contributed by atoms with Gasteiger partial charge in [0.05, 0.1) is 12.6 Å². The molecule has 0 N–H and O–H groups in total. The molecule has 1 aliphatic rings. The van der Waals surface area contributed by atoms with Gasteiger partial charge in [-0.25, -0.2) is 0 Å². The number of hydrogen-bond acceptors (Lipinski definition) is 4. The summed E-state index contributed by atoms with van der Waals surface area (Å²) in [6.07, 6.45) is 6.82. The number of likely N-dealkylation sites (tertiary alicyclic amines) is 1. The van der Waals surface area contributed by atoms with Crippen LogP contribution in [0.15, 0.2) is 59.4 Å². The molecule has 0 unspecified atom stereocenters. The van der Waals surface area contributed by atoms with Gasteiger partial charge in [-0.3, -0.25) is 9.48 Å². The molecule has 0 radical (unpaired) electrons. The Morgan fingerprint density at radius 1 is 1.20 bits per heavy atom. The highest BCUT2D eigenvalue weighted by molar-refractivity contribution is 5.93. The van der Waals surface area contributed by atoms with Gasteiger partial charge in [0.2, 0.25) is 0 Å². The molecule has 0 spiro atoms. The predicted molar refractivity (Wildman–Crippen MR) is 92.8 cm³/mol. The molecule has 2 aromatic heterocycles. The topological polar surface area (TPSA) is 64.2 Å². The zero-order valence-corrected chi connectivity index (χ0v) is 13.9. The van der Waals surface area contributed by atoms with Crippen molar-refractivity contribution in [1.82, 2.24) is 19.8 Å². The molecule has 6 nitrogen and oxygen atoms in total. The van der Waals surface area contributed by atoms with E-state index >= 15 is 0 Å². The predicted octanol–water partition coefficient (Wildman–Crippen LogP) is 3.23. The maximum atomic E-state index is 13.0. The van der Waals surface area contributed by atoms with Crippen molar-refractivity contribution in [2.24, 2.45) is 0 Å². The molecular formula is C19H20N4O2. The van der Waals surface area contributed by atoms with Gasteiger partial charge in [-0.1, -0.05) is 35.5 Å². The number of amides is 1. The monoisotopic (exact) mass is 336 g/mol. The Morgan fingerprint density at radius 2 is 2.08 bits per heavy atom. The lowest BCUT2D eigenvalue weighted by molar-refractivity contribution is 0.0573. The molecule has 0 saturated carbocycles. The number of carbonyl (C=O) groups excluding carboxylic acids is 1. The summed E-state index contributed by atoms with van der Waals surface area (Å²) >= 11 is 0. The summed E-state index contributed by atoms with van der Waals surface area (Å²) in [7, 11) is 0. The number of benzene rings is 1. The van der Waals surface area contributed by atoms with E-state index in [-0.39, 0.29) is 11.9 Å². The van der Waals surface area contributed by atoms with Crippen molar-refractivity contribution in [3.05, 3.63) is 60.6 Å². The molecule has 3 aromatic rings. The van der Waals surface area contributed by atoms with Crippen LogP contribution in [-0.4, -0.2) is 38.3 Å². The van der Waals surface area contributed by atoms with Crippen molar-refractivity contribution < 1.29 is 9.32 Å². The molecule has 128 valence electrons. The molecule has 0 bridgehead atoms. The van der Waals surface area contributed by atoms with E-state index in [2.05, 4.69) is 10.3 Å². The Kier molecular flexibility index (Phi) is 4.33. The van der Waals surface area contributed by atoms with Crippen LogP contribution in [0.3, 0.4) is 0 Å². The van der Waals surface area contributed by atoms with Gasteiger partial charge in [-0.15, -0.1) is 0 Å². The Hall–Kier alpha value is -2.89. The summed E-state index contributed by atoms with van der Waals surface area (Å²) in [4.78, 5) is 14.9. The second-order valence-electron chi connectivity index (χ2n) is 6.32. The zero-order valence-electron chi connectivity index (χ0n) is 13.9. The van der Waals surface area contributed by atoms with Gasteiger partial charge in [-0.2, -0.15) is 5.10 Å². The normalized spacial score (nSPS) is 17.6. The summed E-state index contributed by atoms with van der Waals surface area (Å²) in [6, 6.07) is 13.5.